The molecule has 4 aromatic rings. The molecule has 0 radical (unpaired) electrons. The predicted octanol–water partition coefficient (Wildman–Crippen LogP) is 4.33. The predicted molar refractivity (Wildman–Crippen MR) is 112 cm³/mol. The number of nitro groups is 1. The maximum atomic E-state index is 12.4. The van der Waals surface area contributed by atoms with Gasteiger partial charge in [0.1, 0.15) is 0 Å². The fourth-order valence-electron chi connectivity index (χ4n) is 2.88. The van der Waals surface area contributed by atoms with E-state index in [1.807, 2.05) is 30.3 Å². The molecule has 31 heavy (non-hydrogen) atoms. The average molecular weight is 416 g/mol. The molecule has 0 aliphatic heterocycles. The molecular formula is C22H16N4O5. The quantitative estimate of drug-likeness (QED) is 0.352. The Bertz CT molecular complexity index is 1220. The molecule has 0 bridgehead atoms. The summed E-state index contributed by atoms with van der Waals surface area (Å²) in [6.45, 7) is -0.404. The molecule has 0 aliphatic carbocycles. The van der Waals surface area contributed by atoms with Gasteiger partial charge < -0.3 is 14.6 Å². The minimum Gasteiger partial charge on any atom is -0.477 e. The van der Waals surface area contributed by atoms with Gasteiger partial charge in [-0.15, -0.1) is 0 Å². The van der Waals surface area contributed by atoms with Crippen LogP contribution in [0.1, 0.15) is 0 Å². The van der Waals surface area contributed by atoms with E-state index in [1.165, 1.54) is 18.2 Å². The zero-order valence-electron chi connectivity index (χ0n) is 16.1. The summed E-state index contributed by atoms with van der Waals surface area (Å²) in [5.41, 5.74) is 1.57. The Labute approximate surface area is 176 Å². The normalized spacial score (nSPS) is 10.5. The number of amides is 1. The second-order valence-corrected chi connectivity index (χ2v) is 6.40. The van der Waals surface area contributed by atoms with E-state index in [-0.39, 0.29) is 17.3 Å². The first-order chi connectivity index (χ1) is 15.1. The van der Waals surface area contributed by atoms with Gasteiger partial charge in [0.2, 0.25) is 5.82 Å². The number of rotatable bonds is 7. The molecule has 1 heterocycles. The maximum absolute atomic E-state index is 12.4. The van der Waals surface area contributed by atoms with Crippen LogP contribution in [0.4, 0.5) is 11.4 Å². The second-order valence-electron chi connectivity index (χ2n) is 6.40. The van der Waals surface area contributed by atoms with Crippen LogP contribution in [0.15, 0.2) is 83.4 Å². The molecule has 154 valence electrons. The molecule has 4 rings (SSSR count). The summed E-state index contributed by atoms with van der Waals surface area (Å²) in [7, 11) is 0. The molecule has 0 atom stereocenters. The molecule has 3 aromatic carbocycles. The fourth-order valence-corrected chi connectivity index (χ4v) is 2.88. The molecule has 0 spiro atoms. The highest BCUT2D eigenvalue weighted by Crippen LogP contribution is 2.29. The minimum absolute atomic E-state index is 0.0142. The Morgan fingerprint density at radius 3 is 2.52 bits per heavy atom. The minimum atomic E-state index is -0.567. The monoisotopic (exact) mass is 416 g/mol. The van der Waals surface area contributed by atoms with Gasteiger partial charge in [-0.05, 0) is 18.2 Å². The van der Waals surface area contributed by atoms with Crippen LogP contribution in [0.3, 0.4) is 0 Å². The summed E-state index contributed by atoms with van der Waals surface area (Å²) < 4.78 is 10.7. The molecule has 9 nitrogen and oxygen atoms in total. The van der Waals surface area contributed by atoms with E-state index in [0.717, 1.165) is 5.56 Å². The van der Waals surface area contributed by atoms with Crippen LogP contribution in [0, 0.1) is 10.1 Å². The van der Waals surface area contributed by atoms with Crippen LogP contribution in [0.2, 0.25) is 0 Å². The first kappa shape index (κ1) is 19.8. The summed E-state index contributed by atoms with van der Waals surface area (Å²) in [4.78, 5) is 27.3. The molecule has 9 heteroatoms. The fraction of sp³-hybridized carbons (Fsp3) is 0.0455. The highest BCUT2D eigenvalue weighted by atomic mass is 16.6. The van der Waals surface area contributed by atoms with Crippen molar-refractivity contribution in [3.05, 3.63) is 89.0 Å². The van der Waals surface area contributed by atoms with E-state index in [0.29, 0.717) is 17.1 Å². The van der Waals surface area contributed by atoms with Crippen LogP contribution in [-0.2, 0) is 4.79 Å². The summed E-state index contributed by atoms with van der Waals surface area (Å²) >= 11 is 0. The topological polar surface area (TPSA) is 120 Å². The third kappa shape index (κ3) is 4.56. The Morgan fingerprint density at radius 1 is 1.00 bits per heavy atom. The van der Waals surface area contributed by atoms with Crippen molar-refractivity contribution in [2.45, 2.75) is 0 Å². The number of carbonyl (C=O) groups excluding carboxylic acids is 1. The van der Waals surface area contributed by atoms with E-state index in [2.05, 4.69) is 15.5 Å². The van der Waals surface area contributed by atoms with Gasteiger partial charge in [0.15, 0.2) is 12.4 Å². The molecule has 0 fully saturated rings. The van der Waals surface area contributed by atoms with Crippen molar-refractivity contribution < 1.29 is 19.0 Å². The van der Waals surface area contributed by atoms with Crippen LogP contribution >= 0.6 is 0 Å². The molecule has 1 aromatic heterocycles. The van der Waals surface area contributed by atoms with E-state index in [4.69, 9.17) is 9.26 Å². The number of carbonyl (C=O) groups is 1. The largest absolute Gasteiger partial charge is 0.477 e. The van der Waals surface area contributed by atoms with E-state index < -0.39 is 17.4 Å². The van der Waals surface area contributed by atoms with Crippen molar-refractivity contribution in [1.29, 1.82) is 0 Å². The third-order valence-corrected chi connectivity index (χ3v) is 4.31. The van der Waals surface area contributed by atoms with Crippen LogP contribution in [-0.4, -0.2) is 27.6 Å². The third-order valence-electron chi connectivity index (χ3n) is 4.31. The molecule has 0 unspecified atom stereocenters. The molecule has 0 aliphatic rings. The lowest BCUT2D eigenvalue weighted by atomic mass is 10.1. The van der Waals surface area contributed by atoms with Gasteiger partial charge in [0, 0.05) is 11.6 Å². The van der Waals surface area contributed by atoms with Gasteiger partial charge in [-0.2, -0.15) is 4.98 Å². The zero-order valence-corrected chi connectivity index (χ0v) is 16.1. The smallest absolute Gasteiger partial charge is 0.310 e. The van der Waals surface area contributed by atoms with Crippen molar-refractivity contribution in [1.82, 2.24) is 10.1 Å². The molecule has 0 saturated carbocycles. The number of benzene rings is 3. The average Bonchev–Trinajstić information content (AvgIpc) is 3.29. The van der Waals surface area contributed by atoms with Crippen molar-refractivity contribution in [3.8, 4) is 28.6 Å². The van der Waals surface area contributed by atoms with Crippen molar-refractivity contribution in [2.75, 3.05) is 11.9 Å². The number of anilines is 1. The lowest BCUT2D eigenvalue weighted by Crippen LogP contribution is -2.20. The summed E-state index contributed by atoms with van der Waals surface area (Å²) in [6.07, 6.45) is 0. The first-order valence-electron chi connectivity index (χ1n) is 9.26. The number of aromatic nitrogens is 2. The van der Waals surface area contributed by atoms with Crippen LogP contribution in [0.5, 0.6) is 5.75 Å². The number of hydrogen-bond acceptors (Lipinski definition) is 7. The molecule has 0 saturated heterocycles. The molecule has 1 N–H and O–H groups in total. The van der Waals surface area contributed by atoms with Gasteiger partial charge in [0.25, 0.3) is 11.8 Å². The number of hydrogen-bond donors (Lipinski definition) is 1. The lowest BCUT2D eigenvalue weighted by molar-refractivity contribution is -0.385. The van der Waals surface area contributed by atoms with E-state index in [9.17, 15) is 14.9 Å². The summed E-state index contributed by atoms with van der Waals surface area (Å²) in [5, 5.41) is 17.8. The second kappa shape index (κ2) is 8.87. The highest BCUT2D eigenvalue weighted by Gasteiger charge is 2.17. The summed E-state index contributed by atoms with van der Waals surface area (Å²) in [5.74, 6) is 0.194. The number of nitrogens with one attached hydrogen (secondary N) is 1. The summed E-state index contributed by atoms with van der Waals surface area (Å²) in [6, 6.07) is 22.2. The van der Waals surface area contributed by atoms with Crippen LogP contribution < -0.4 is 10.1 Å². The Balaban J connectivity index is 1.49. The number of para-hydroxylation sites is 3. The van der Waals surface area contributed by atoms with Gasteiger partial charge >= 0.3 is 5.69 Å². The maximum Gasteiger partial charge on any atom is 0.310 e. The molecule has 1 amide bonds. The SMILES string of the molecule is O=C(COc1ccccc1[N+](=O)[O-])Nc1ccccc1-c1nc(-c2ccccc2)no1. The van der Waals surface area contributed by atoms with E-state index >= 15 is 0 Å². The lowest BCUT2D eigenvalue weighted by Gasteiger charge is -2.10. The van der Waals surface area contributed by atoms with Gasteiger partial charge in [-0.3, -0.25) is 14.9 Å². The Morgan fingerprint density at radius 2 is 1.71 bits per heavy atom. The van der Waals surface area contributed by atoms with Crippen molar-refractivity contribution in [2.24, 2.45) is 0 Å². The zero-order chi connectivity index (χ0) is 21.6. The van der Waals surface area contributed by atoms with E-state index in [1.54, 1.807) is 30.3 Å². The highest BCUT2D eigenvalue weighted by molar-refractivity contribution is 5.95. The molecular weight excluding hydrogens is 400 g/mol. The van der Waals surface area contributed by atoms with Crippen LogP contribution in [0.25, 0.3) is 22.8 Å². The van der Waals surface area contributed by atoms with Gasteiger partial charge in [0.05, 0.1) is 16.2 Å². The Hall–Kier alpha value is -4.53. The number of ether oxygens (including phenoxy) is 1. The number of nitrogens with zero attached hydrogens (tertiary/aromatic N) is 3. The van der Waals surface area contributed by atoms with Crippen molar-refractivity contribution in [3.63, 3.8) is 0 Å². The van der Waals surface area contributed by atoms with Crippen molar-refractivity contribution >= 4 is 17.3 Å². The van der Waals surface area contributed by atoms with Gasteiger partial charge in [-0.25, -0.2) is 0 Å². The first-order valence-corrected chi connectivity index (χ1v) is 9.26. The Kier molecular flexibility index (Phi) is 5.66. The standard InChI is InChI=1S/C22H16N4O5/c27-20(14-30-19-13-7-6-12-18(19)26(28)29)23-17-11-5-4-10-16(17)22-24-21(25-31-22)15-8-2-1-3-9-15/h1-13H,14H2,(H,23,27). The number of nitro benzene ring substituents is 1. The van der Waals surface area contributed by atoms with Gasteiger partial charge in [-0.1, -0.05) is 59.8 Å².